The van der Waals surface area contributed by atoms with E-state index >= 15 is 0 Å². The number of carbonyl (C=O) groups is 1. The first-order chi connectivity index (χ1) is 18.5. The standard InChI is InChI=1S/C29H28F2N4O3/c1-2-38-29(36)25-17-24(18-6-8-22(9-7-18)34-10-12-37-13-11-34)26-27(19-4-3-5-19)33-35(28(26)32-25)23-15-20(30)14-21(31)16-23/h6-9,14-17,19H,2-5,10-13H2,1H3. The molecule has 38 heavy (non-hydrogen) atoms. The van der Waals surface area contributed by atoms with Gasteiger partial charge in [0.25, 0.3) is 0 Å². The van der Waals surface area contributed by atoms with Gasteiger partial charge < -0.3 is 14.4 Å². The van der Waals surface area contributed by atoms with Crippen molar-refractivity contribution < 1.29 is 23.0 Å². The third kappa shape index (κ3) is 4.51. The van der Waals surface area contributed by atoms with Crippen molar-refractivity contribution in [3.05, 3.63) is 71.6 Å². The molecule has 0 bridgehead atoms. The molecule has 1 saturated carbocycles. The molecule has 1 aliphatic heterocycles. The largest absolute Gasteiger partial charge is 0.461 e. The molecular formula is C29H28F2N4O3. The summed E-state index contributed by atoms with van der Waals surface area (Å²) in [5.74, 6) is -1.79. The number of nitrogens with zero attached hydrogens (tertiary/aromatic N) is 4. The lowest BCUT2D eigenvalue weighted by atomic mass is 9.81. The maximum Gasteiger partial charge on any atom is 0.357 e. The second kappa shape index (κ2) is 10.1. The van der Waals surface area contributed by atoms with Crippen molar-refractivity contribution in [1.82, 2.24) is 14.8 Å². The Balaban J connectivity index is 1.56. The Hall–Kier alpha value is -3.85. The fraction of sp³-hybridized carbons (Fsp3) is 0.345. The molecule has 0 radical (unpaired) electrons. The second-order valence-corrected chi connectivity index (χ2v) is 9.67. The summed E-state index contributed by atoms with van der Waals surface area (Å²) in [6.07, 6.45) is 3.03. The third-order valence-corrected chi connectivity index (χ3v) is 7.29. The van der Waals surface area contributed by atoms with Crippen LogP contribution < -0.4 is 4.90 Å². The lowest BCUT2D eigenvalue weighted by Gasteiger charge is -2.29. The van der Waals surface area contributed by atoms with E-state index in [1.165, 1.54) is 16.8 Å². The minimum absolute atomic E-state index is 0.116. The Morgan fingerprint density at radius 2 is 1.74 bits per heavy atom. The van der Waals surface area contributed by atoms with E-state index in [4.69, 9.17) is 14.6 Å². The SMILES string of the molecule is CCOC(=O)c1cc(-c2ccc(N3CCOCC3)cc2)c2c(C3CCC3)nn(-c3cc(F)cc(F)c3)c2n1. The molecule has 0 spiro atoms. The summed E-state index contributed by atoms with van der Waals surface area (Å²) in [4.78, 5) is 19.7. The number of pyridine rings is 1. The highest BCUT2D eigenvalue weighted by molar-refractivity contribution is 6.00. The molecule has 0 N–H and O–H groups in total. The normalized spacial score (nSPS) is 16.0. The summed E-state index contributed by atoms with van der Waals surface area (Å²) < 4.78 is 40.6. The topological polar surface area (TPSA) is 69.5 Å². The third-order valence-electron chi connectivity index (χ3n) is 7.29. The van der Waals surface area contributed by atoms with Crippen LogP contribution >= 0.6 is 0 Å². The quantitative estimate of drug-likeness (QED) is 0.308. The Labute approximate surface area is 219 Å². The molecule has 196 valence electrons. The molecule has 4 aromatic rings. The zero-order chi connectivity index (χ0) is 26.2. The van der Waals surface area contributed by atoms with Gasteiger partial charge in [-0.15, -0.1) is 0 Å². The fourth-order valence-electron chi connectivity index (χ4n) is 5.16. The summed E-state index contributed by atoms with van der Waals surface area (Å²) in [7, 11) is 0. The Morgan fingerprint density at radius 3 is 2.37 bits per heavy atom. The van der Waals surface area contributed by atoms with Crippen LogP contribution in [0.25, 0.3) is 27.8 Å². The van der Waals surface area contributed by atoms with Crippen LogP contribution in [0.1, 0.15) is 48.3 Å². The van der Waals surface area contributed by atoms with Gasteiger partial charge in [0.15, 0.2) is 11.3 Å². The van der Waals surface area contributed by atoms with Crippen LogP contribution in [0.5, 0.6) is 0 Å². The number of benzene rings is 2. The van der Waals surface area contributed by atoms with E-state index in [1.54, 1.807) is 13.0 Å². The highest BCUT2D eigenvalue weighted by Gasteiger charge is 2.30. The highest BCUT2D eigenvalue weighted by atomic mass is 19.1. The number of esters is 1. The first-order valence-corrected chi connectivity index (χ1v) is 13.0. The second-order valence-electron chi connectivity index (χ2n) is 9.67. The lowest BCUT2D eigenvalue weighted by molar-refractivity contribution is 0.0520. The van der Waals surface area contributed by atoms with Gasteiger partial charge in [0.05, 0.1) is 36.6 Å². The van der Waals surface area contributed by atoms with Gasteiger partial charge in [-0.1, -0.05) is 18.6 Å². The van der Waals surface area contributed by atoms with Crippen LogP contribution in [0, 0.1) is 11.6 Å². The van der Waals surface area contributed by atoms with E-state index in [1.807, 2.05) is 12.1 Å². The first-order valence-electron chi connectivity index (χ1n) is 13.0. The van der Waals surface area contributed by atoms with Crippen molar-refractivity contribution in [3.8, 4) is 16.8 Å². The molecule has 0 amide bonds. The summed E-state index contributed by atoms with van der Waals surface area (Å²) in [6.45, 7) is 4.98. The van der Waals surface area contributed by atoms with Crippen molar-refractivity contribution in [2.45, 2.75) is 32.1 Å². The van der Waals surface area contributed by atoms with Gasteiger partial charge >= 0.3 is 5.97 Å². The van der Waals surface area contributed by atoms with Gasteiger partial charge in [-0.25, -0.2) is 23.2 Å². The molecule has 2 fully saturated rings. The van der Waals surface area contributed by atoms with Crippen LogP contribution in [-0.2, 0) is 9.47 Å². The van der Waals surface area contributed by atoms with Crippen LogP contribution in [0.15, 0.2) is 48.5 Å². The van der Waals surface area contributed by atoms with Gasteiger partial charge in [-0.05, 0) is 61.2 Å². The number of rotatable bonds is 6. The van der Waals surface area contributed by atoms with Crippen molar-refractivity contribution >= 4 is 22.7 Å². The number of anilines is 1. The van der Waals surface area contributed by atoms with Crippen molar-refractivity contribution in [3.63, 3.8) is 0 Å². The molecular weight excluding hydrogens is 490 g/mol. The molecule has 1 aliphatic carbocycles. The first kappa shape index (κ1) is 24.5. The molecule has 0 atom stereocenters. The summed E-state index contributed by atoms with van der Waals surface area (Å²) >= 11 is 0. The Morgan fingerprint density at radius 1 is 1.03 bits per heavy atom. The van der Waals surface area contributed by atoms with Crippen LogP contribution in [-0.4, -0.2) is 53.6 Å². The zero-order valence-electron chi connectivity index (χ0n) is 21.1. The predicted octanol–water partition coefficient (Wildman–Crippen LogP) is 5.65. The fourth-order valence-corrected chi connectivity index (χ4v) is 5.16. The molecule has 2 aromatic carbocycles. The van der Waals surface area contributed by atoms with Gasteiger partial charge in [-0.3, -0.25) is 0 Å². The monoisotopic (exact) mass is 518 g/mol. The van der Waals surface area contributed by atoms with Gasteiger partial charge in [0, 0.05) is 30.8 Å². The number of fused-ring (bicyclic) bond motifs is 1. The number of hydrogen-bond donors (Lipinski definition) is 0. The van der Waals surface area contributed by atoms with E-state index < -0.39 is 17.6 Å². The van der Waals surface area contributed by atoms with E-state index in [9.17, 15) is 13.6 Å². The van der Waals surface area contributed by atoms with E-state index in [-0.39, 0.29) is 23.9 Å². The van der Waals surface area contributed by atoms with Crippen molar-refractivity contribution in [1.29, 1.82) is 0 Å². The molecule has 2 aliphatic rings. The van der Waals surface area contributed by atoms with Crippen LogP contribution in [0.4, 0.5) is 14.5 Å². The number of hydrogen-bond acceptors (Lipinski definition) is 6. The van der Waals surface area contributed by atoms with Crippen LogP contribution in [0.2, 0.25) is 0 Å². The smallest absolute Gasteiger partial charge is 0.357 e. The Kier molecular flexibility index (Phi) is 6.53. The molecule has 7 nitrogen and oxygen atoms in total. The molecule has 6 rings (SSSR count). The average Bonchev–Trinajstić information content (AvgIpc) is 3.26. The molecule has 1 saturated heterocycles. The minimum atomic E-state index is -0.714. The summed E-state index contributed by atoms with van der Waals surface area (Å²) in [6, 6.07) is 13.2. The van der Waals surface area contributed by atoms with Gasteiger partial charge in [0.1, 0.15) is 11.6 Å². The maximum atomic E-state index is 14.2. The Bertz CT molecular complexity index is 1470. The number of carbonyl (C=O) groups excluding carboxylic acids is 1. The maximum absolute atomic E-state index is 14.2. The van der Waals surface area contributed by atoms with Crippen molar-refractivity contribution in [2.24, 2.45) is 0 Å². The van der Waals surface area contributed by atoms with Gasteiger partial charge in [0.2, 0.25) is 0 Å². The number of morpholine rings is 1. The van der Waals surface area contributed by atoms with Crippen LogP contribution in [0.3, 0.4) is 0 Å². The molecule has 3 heterocycles. The lowest BCUT2D eigenvalue weighted by Crippen LogP contribution is -2.36. The average molecular weight is 519 g/mol. The predicted molar refractivity (Wildman–Crippen MR) is 140 cm³/mol. The molecule has 2 aromatic heterocycles. The molecule has 0 unspecified atom stereocenters. The molecule has 9 heteroatoms. The van der Waals surface area contributed by atoms with E-state index in [2.05, 4.69) is 22.0 Å². The summed E-state index contributed by atoms with van der Waals surface area (Å²) in [5, 5.41) is 5.62. The van der Waals surface area contributed by atoms with Gasteiger partial charge in [-0.2, -0.15) is 5.10 Å². The number of halogens is 2. The van der Waals surface area contributed by atoms with E-state index in [0.717, 1.165) is 66.3 Å². The zero-order valence-corrected chi connectivity index (χ0v) is 21.1. The summed E-state index contributed by atoms with van der Waals surface area (Å²) in [5.41, 5.74) is 4.30. The number of ether oxygens (including phenoxy) is 2. The minimum Gasteiger partial charge on any atom is -0.461 e. The number of aromatic nitrogens is 3. The highest BCUT2D eigenvalue weighted by Crippen LogP contribution is 2.43. The van der Waals surface area contributed by atoms with Crippen molar-refractivity contribution in [2.75, 3.05) is 37.8 Å². The van der Waals surface area contributed by atoms with E-state index in [0.29, 0.717) is 18.9 Å².